The summed E-state index contributed by atoms with van der Waals surface area (Å²) >= 11 is 0. The number of aliphatic hydroxyl groups excluding tert-OH is 3. The number of hydrogen-bond donors (Lipinski definition) is 5. The van der Waals surface area contributed by atoms with E-state index < -0.39 is 76.6 Å². The lowest BCUT2D eigenvalue weighted by molar-refractivity contribution is -0.320. The predicted octanol–water partition coefficient (Wildman–Crippen LogP) is 1.13. The molecule has 3 aliphatic rings. The van der Waals surface area contributed by atoms with Crippen LogP contribution in [0.2, 0.25) is 0 Å². The second-order valence-electron chi connectivity index (χ2n) is 12.2. The zero-order valence-corrected chi connectivity index (χ0v) is 22.7. The summed E-state index contributed by atoms with van der Waals surface area (Å²) in [6.45, 7) is 13.4. The number of esters is 1. The lowest BCUT2D eigenvalue weighted by atomic mass is 9.49. The normalized spacial score (nSPS) is 40.7. The van der Waals surface area contributed by atoms with Gasteiger partial charge < -0.3 is 35.0 Å². The molecule has 0 amide bonds. The maximum atomic E-state index is 12.7. The molecule has 5 N–H and O–H groups in total. The number of ketones is 1. The van der Waals surface area contributed by atoms with Crippen molar-refractivity contribution in [2.75, 3.05) is 6.61 Å². The maximum absolute atomic E-state index is 12.7. The summed E-state index contributed by atoms with van der Waals surface area (Å²) in [6, 6.07) is 0. The van der Waals surface area contributed by atoms with Crippen LogP contribution in [-0.2, 0) is 19.1 Å². The van der Waals surface area contributed by atoms with E-state index in [1.54, 1.807) is 41.5 Å². The van der Waals surface area contributed by atoms with Gasteiger partial charge in [-0.05, 0) is 42.7 Å². The van der Waals surface area contributed by atoms with Gasteiger partial charge in [-0.15, -0.1) is 0 Å². The van der Waals surface area contributed by atoms with E-state index in [0.29, 0.717) is 12.0 Å². The molecule has 36 heavy (non-hydrogen) atoms. The van der Waals surface area contributed by atoms with E-state index in [-0.39, 0.29) is 24.5 Å². The molecule has 10 atom stereocenters. The van der Waals surface area contributed by atoms with Gasteiger partial charge in [0.15, 0.2) is 11.9 Å². The monoisotopic (exact) mass is 512 g/mol. The number of aliphatic hydroxyl groups is 5. The first-order valence-electron chi connectivity index (χ1n) is 12.9. The van der Waals surface area contributed by atoms with Crippen LogP contribution in [0.15, 0.2) is 11.1 Å². The second-order valence-corrected chi connectivity index (χ2v) is 12.2. The van der Waals surface area contributed by atoms with Gasteiger partial charge in [-0.2, -0.15) is 0 Å². The highest BCUT2D eigenvalue weighted by molar-refractivity contribution is 5.84. The number of Topliss-reactive ketones (excluding diaryl/α,β-unsaturated/α-hetero) is 1. The molecule has 0 bridgehead atoms. The number of ether oxygens (including phenoxy) is 2. The Labute approximate surface area is 213 Å². The fourth-order valence-electron chi connectivity index (χ4n) is 6.99. The molecule has 0 aromatic carbocycles. The van der Waals surface area contributed by atoms with Crippen LogP contribution in [0.25, 0.3) is 0 Å². The van der Waals surface area contributed by atoms with Crippen LogP contribution in [0, 0.1) is 29.1 Å². The predicted molar refractivity (Wildman–Crippen MR) is 131 cm³/mol. The average molecular weight is 513 g/mol. The number of carbonyl (C=O) groups excluding carboxylic acids is 2. The molecule has 10 unspecified atom stereocenters. The summed E-state index contributed by atoms with van der Waals surface area (Å²) < 4.78 is 11.2. The standard InChI is InChI=1S/C27H44O9/c1-12(2)22(30)24(32)36-18-10-27(34,25(7,8)21(14(18)4)23(31)16(6)28)15(5)20-13(3)17(29)9-19-26(20,33)11-35-19/h12-13,15,17-20,22-23,29-31,33-34H,9-11H2,1-8H3. The Bertz CT molecular complexity index is 911. The van der Waals surface area contributed by atoms with Crippen molar-refractivity contribution in [2.24, 2.45) is 29.1 Å². The minimum atomic E-state index is -1.67. The topological polar surface area (TPSA) is 154 Å². The van der Waals surface area contributed by atoms with Crippen molar-refractivity contribution in [2.45, 2.75) is 110 Å². The number of rotatable bonds is 7. The van der Waals surface area contributed by atoms with Crippen molar-refractivity contribution in [1.82, 2.24) is 0 Å². The molecular weight excluding hydrogens is 468 g/mol. The number of carbonyl (C=O) groups is 2. The molecule has 0 aromatic heterocycles. The summed E-state index contributed by atoms with van der Waals surface area (Å²) in [7, 11) is 0. The molecule has 206 valence electrons. The van der Waals surface area contributed by atoms with E-state index in [1.165, 1.54) is 6.92 Å². The van der Waals surface area contributed by atoms with Crippen molar-refractivity contribution in [1.29, 1.82) is 0 Å². The van der Waals surface area contributed by atoms with Crippen molar-refractivity contribution in [3.05, 3.63) is 11.1 Å². The quantitative estimate of drug-likeness (QED) is 0.249. The Morgan fingerprint density at radius 1 is 1.14 bits per heavy atom. The Kier molecular flexibility index (Phi) is 7.91. The zero-order chi connectivity index (χ0) is 27.5. The first-order chi connectivity index (χ1) is 16.4. The molecule has 1 saturated carbocycles. The molecule has 0 aromatic rings. The van der Waals surface area contributed by atoms with Crippen LogP contribution >= 0.6 is 0 Å². The van der Waals surface area contributed by atoms with E-state index in [2.05, 4.69) is 0 Å². The van der Waals surface area contributed by atoms with Gasteiger partial charge in [0.2, 0.25) is 0 Å². The first-order valence-corrected chi connectivity index (χ1v) is 12.9. The minimum Gasteiger partial charge on any atom is -0.456 e. The highest BCUT2D eigenvalue weighted by atomic mass is 16.6. The van der Waals surface area contributed by atoms with Crippen molar-refractivity contribution < 1.29 is 44.6 Å². The summed E-state index contributed by atoms with van der Waals surface area (Å²) in [5.74, 6) is -3.37. The van der Waals surface area contributed by atoms with Gasteiger partial charge in [0.25, 0.3) is 0 Å². The zero-order valence-electron chi connectivity index (χ0n) is 22.7. The van der Waals surface area contributed by atoms with Crippen molar-refractivity contribution in [3.8, 4) is 0 Å². The van der Waals surface area contributed by atoms with Crippen LogP contribution in [0.4, 0.5) is 0 Å². The van der Waals surface area contributed by atoms with Gasteiger partial charge in [0, 0.05) is 24.2 Å². The Hall–Kier alpha value is -1.36. The largest absolute Gasteiger partial charge is 0.456 e. The Morgan fingerprint density at radius 3 is 2.19 bits per heavy atom. The summed E-state index contributed by atoms with van der Waals surface area (Å²) in [5.41, 5.74) is -3.38. The van der Waals surface area contributed by atoms with Crippen molar-refractivity contribution >= 4 is 11.8 Å². The number of hydrogen-bond acceptors (Lipinski definition) is 9. The third kappa shape index (κ3) is 4.35. The molecule has 1 saturated heterocycles. The highest BCUT2D eigenvalue weighted by Gasteiger charge is 2.66. The lowest BCUT2D eigenvalue weighted by Gasteiger charge is -2.63. The maximum Gasteiger partial charge on any atom is 0.335 e. The minimum absolute atomic E-state index is 0.0708. The second kappa shape index (κ2) is 9.75. The van der Waals surface area contributed by atoms with Gasteiger partial charge >= 0.3 is 5.97 Å². The fourth-order valence-corrected chi connectivity index (χ4v) is 6.99. The van der Waals surface area contributed by atoms with Gasteiger partial charge in [-0.3, -0.25) is 4.79 Å². The third-order valence-corrected chi connectivity index (χ3v) is 9.52. The summed E-state index contributed by atoms with van der Waals surface area (Å²) in [5, 5.41) is 56.0. The van der Waals surface area contributed by atoms with E-state index in [4.69, 9.17) is 9.47 Å². The van der Waals surface area contributed by atoms with Crippen LogP contribution in [-0.4, -0.2) is 85.6 Å². The summed E-state index contributed by atoms with van der Waals surface area (Å²) in [4.78, 5) is 25.0. The average Bonchev–Trinajstić information content (AvgIpc) is 2.78. The first kappa shape index (κ1) is 29.2. The van der Waals surface area contributed by atoms with E-state index in [9.17, 15) is 35.1 Å². The molecule has 1 heterocycles. The fraction of sp³-hybridized carbons (Fsp3) is 0.852. The van der Waals surface area contributed by atoms with E-state index in [0.717, 1.165) is 0 Å². The molecule has 2 fully saturated rings. The highest BCUT2D eigenvalue weighted by Crippen LogP contribution is 2.59. The molecule has 9 nitrogen and oxygen atoms in total. The smallest absolute Gasteiger partial charge is 0.335 e. The third-order valence-electron chi connectivity index (χ3n) is 9.52. The number of fused-ring (bicyclic) bond motifs is 1. The van der Waals surface area contributed by atoms with E-state index >= 15 is 0 Å². The van der Waals surface area contributed by atoms with Gasteiger partial charge in [-0.25, -0.2) is 4.79 Å². The van der Waals surface area contributed by atoms with Gasteiger partial charge in [0.05, 0.1) is 24.4 Å². The molecule has 3 rings (SSSR count). The lowest BCUT2D eigenvalue weighted by Crippen LogP contribution is -2.73. The van der Waals surface area contributed by atoms with Crippen LogP contribution < -0.4 is 0 Å². The van der Waals surface area contributed by atoms with Gasteiger partial charge in [0.1, 0.15) is 17.8 Å². The van der Waals surface area contributed by atoms with Crippen LogP contribution in [0.5, 0.6) is 0 Å². The molecule has 1 aliphatic heterocycles. The molecule has 0 spiro atoms. The van der Waals surface area contributed by atoms with Crippen LogP contribution in [0.1, 0.15) is 68.2 Å². The molecular formula is C27H44O9. The van der Waals surface area contributed by atoms with Crippen LogP contribution in [0.3, 0.4) is 0 Å². The molecule has 9 heteroatoms. The van der Waals surface area contributed by atoms with Crippen molar-refractivity contribution in [3.63, 3.8) is 0 Å². The SMILES string of the molecule is CC(=O)C(O)C1=C(C)C(OC(=O)C(O)C(C)C)CC(O)(C(C)C2C(C)C(O)CC3OCC32O)C1(C)C. The Balaban J connectivity index is 2.11. The molecule has 0 radical (unpaired) electrons. The summed E-state index contributed by atoms with van der Waals surface area (Å²) in [6.07, 6.45) is -4.99. The van der Waals surface area contributed by atoms with Gasteiger partial charge in [-0.1, -0.05) is 41.5 Å². The Morgan fingerprint density at radius 2 is 1.72 bits per heavy atom. The molecule has 2 aliphatic carbocycles. The van der Waals surface area contributed by atoms with E-state index in [1.807, 2.05) is 6.92 Å².